The summed E-state index contributed by atoms with van der Waals surface area (Å²) in [6, 6.07) is 0. The van der Waals surface area contributed by atoms with Gasteiger partial charge in [0.15, 0.2) is 5.17 Å². The summed E-state index contributed by atoms with van der Waals surface area (Å²) in [6.07, 6.45) is 5.21. The van der Waals surface area contributed by atoms with Crippen LogP contribution in [-0.2, 0) is 0 Å². The number of aliphatic imine (C=N–C) groups is 1. The molecule has 0 fully saturated rings. The zero-order valence-corrected chi connectivity index (χ0v) is 10.9. The number of hydrogen-bond donors (Lipinski definition) is 2. The molecular weight excluding hydrogens is 206 g/mol. The molecule has 90 valence electrons. The Hall–Kier alpha value is -0.220. The Morgan fingerprint density at radius 3 is 2.47 bits per heavy atom. The van der Waals surface area contributed by atoms with E-state index < -0.39 is 0 Å². The molecule has 0 radical (unpaired) electrons. The Morgan fingerprint density at radius 2 is 2.20 bits per heavy atom. The van der Waals surface area contributed by atoms with E-state index in [0.29, 0.717) is 0 Å². The van der Waals surface area contributed by atoms with Gasteiger partial charge in [-0.1, -0.05) is 44.9 Å². The van der Waals surface area contributed by atoms with Gasteiger partial charge in [-0.25, -0.2) is 0 Å². The van der Waals surface area contributed by atoms with Crippen LogP contribution < -0.4 is 11.5 Å². The Balaban J connectivity index is 0.000000280. The molecule has 0 aliphatic carbocycles. The molecule has 0 aromatic carbocycles. The van der Waals surface area contributed by atoms with Gasteiger partial charge in [-0.15, -0.1) is 0 Å². The monoisotopic (exact) mass is 231 g/mol. The molecule has 1 heterocycles. The Labute approximate surface area is 98.1 Å². The first kappa shape index (κ1) is 14.8. The molecule has 1 aliphatic rings. The summed E-state index contributed by atoms with van der Waals surface area (Å²) < 4.78 is 0. The largest absolute Gasteiger partial charge is 0.379 e. The average Bonchev–Trinajstić information content (AvgIpc) is 2.72. The van der Waals surface area contributed by atoms with Gasteiger partial charge in [0.1, 0.15) is 0 Å². The Bertz CT molecular complexity index is 167. The van der Waals surface area contributed by atoms with Crippen molar-refractivity contribution in [2.45, 2.75) is 39.5 Å². The van der Waals surface area contributed by atoms with Gasteiger partial charge in [-0.05, 0) is 18.9 Å². The third kappa shape index (κ3) is 8.75. The molecule has 1 rings (SSSR count). The van der Waals surface area contributed by atoms with Gasteiger partial charge < -0.3 is 11.5 Å². The van der Waals surface area contributed by atoms with E-state index in [2.05, 4.69) is 18.8 Å². The molecule has 0 saturated heterocycles. The van der Waals surface area contributed by atoms with Crippen LogP contribution in [0.4, 0.5) is 0 Å². The van der Waals surface area contributed by atoms with Gasteiger partial charge in [0.25, 0.3) is 0 Å². The summed E-state index contributed by atoms with van der Waals surface area (Å²) in [5.74, 6) is 1.86. The van der Waals surface area contributed by atoms with Gasteiger partial charge in [0.2, 0.25) is 0 Å². The van der Waals surface area contributed by atoms with Gasteiger partial charge in [0, 0.05) is 5.75 Å². The number of rotatable bonds is 5. The topological polar surface area (TPSA) is 64.4 Å². The van der Waals surface area contributed by atoms with Crippen LogP contribution in [0.25, 0.3) is 0 Å². The highest BCUT2D eigenvalue weighted by Crippen LogP contribution is 2.09. The molecule has 0 aromatic rings. The normalized spacial score (nSPS) is 16.6. The van der Waals surface area contributed by atoms with Crippen molar-refractivity contribution in [1.82, 2.24) is 0 Å². The molecule has 15 heavy (non-hydrogen) atoms. The smallest absolute Gasteiger partial charge is 0.153 e. The van der Waals surface area contributed by atoms with Crippen LogP contribution >= 0.6 is 11.8 Å². The van der Waals surface area contributed by atoms with Crippen molar-refractivity contribution in [2.75, 3.05) is 18.8 Å². The van der Waals surface area contributed by atoms with Crippen molar-refractivity contribution in [3.05, 3.63) is 0 Å². The van der Waals surface area contributed by atoms with Gasteiger partial charge in [-0.2, -0.15) is 0 Å². The minimum atomic E-state index is 0.745. The molecule has 3 nitrogen and oxygen atoms in total. The molecule has 4 heteroatoms. The highest BCUT2D eigenvalue weighted by Gasteiger charge is 2.00. The predicted molar refractivity (Wildman–Crippen MR) is 71.3 cm³/mol. The van der Waals surface area contributed by atoms with Gasteiger partial charge >= 0.3 is 0 Å². The Kier molecular flexibility index (Phi) is 10.2. The van der Waals surface area contributed by atoms with Crippen molar-refractivity contribution in [2.24, 2.45) is 22.4 Å². The standard InChI is InChI=1S/C8H19N.C3H6N2S/c1-3-5-6-8(4-2)7-9;4-3-5-1-2-6-3/h8H,3-7,9H2,1-2H3;1-2H2,(H2,4,5). The van der Waals surface area contributed by atoms with Gasteiger partial charge in [-0.3, -0.25) is 4.99 Å². The van der Waals surface area contributed by atoms with Crippen LogP contribution in [0.3, 0.4) is 0 Å². The molecule has 0 spiro atoms. The third-order valence-electron chi connectivity index (χ3n) is 2.49. The molecule has 0 amide bonds. The van der Waals surface area contributed by atoms with Crippen LogP contribution in [0.15, 0.2) is 4.99 Å². The van der Waals surface area contributed by atoms with Crippen molar-refractivity contribution >= 4 is 16.9 Å². The zero-order valence-electron chi connectivity index (χ0n) is 10.0. The molecule has 1 atom stereocenters. The summed E-state index contributed by atoms with van der Waals surface area (Å²) in [4.78, 5) is 3.89. The maximum absolute atomic E-state index is 5.52. The first-order valence-electron chi connectivity index (χ1n) is 5.87. The maximum atomic E-state index is 5.52. The zero-order chi connectivity index (χ0) is 11.5. The van der Waals surface area contributed by atoms with Crippen LogP contribution in [0.2, 0.25) is 0 Å². The quantitative estimate of drug-likeness (QED) is 0.762. The van der Waals surface area contributed by atoms with E-state index in [0.717, 1.165) is 29.9 Å². The summed E-state index contributed by atoms with van der Waals surface area (Å²) in [5, 5.41) is 0.745. The third-order valence-corrected chi connectivity index (χ3v) is 3.30. The fraction of sp³-hybridized carbons (Fsp3) is 0.909. The fourth-order valence-corrected chi connectivity index (χ4v) is 1.91. The number of thioether (sulfide) groups is 1. The number of amidine groups is 1. The van der Waals surface area contributed by atoms with Crippen molar-refractivity contribution in [3.63, 3.8) is 0 Å². The van der Waals surface area contributed by atoms with Crippen molar-refractivity contribution in [3.8, 4) is 0 Å². The number of nitrogens with zero attached hydrogens (tertiary/aromatic N) is 1. The molecule has 1 unspecified atom stereocenters. The number of hydrogen-bond acceptors (Lipinski definition) is 4. The van der Waals surface area contributed by atoms with E-state index in [9.17, 15) is 0 Å². The molecule has 4 N–H and O–H groups in total. The lowest BCUT2D eigenvalue weighted by Gasteiger charge is -2.09. The van der Waals surface area contributed by atoms with Crippen LogP contribution in [-0.4, -0.2) is 24.0 Å². The highest BCUT2D eigenvalue weighted by molar-refractivity contribution is 8.14. The predicted octanol–water partition coefficient (Wildman–Crippen LogP) is 2.21. The van der Waals surface area contributed by atoms with E-state index in [4.69, 9.17) is 11.5 Å². The summed E-state index contributed by atoms with van der Waals surface area (Å²) in [7, 11) is 0. The molecule has 0 saturated carbocycles. The second-order valence-corrected chi connectivity index (χ2v) is 4.84. The maximum Gasteiger partial charge on any atom is 0.153 e. The van der Waals surface area contributed by atoms with E-state index >= 15 is 0 Å². The molecule has 0 bridgehead atoms. The van der Waals surface area contributed by atoms with E-state index in [1.807, 2.05) is 0 Å². The number of nitrogens with two attached hydrogens (primary N) is 2. The van der Waals surface area contributed by atoms with Crippen LogP contribution in [0, 0.1) is 5.92 Å². The van der Waals surface area contributed by atoms with Crippen LogP contribution in [0.1, 0.15) is 39.5 Å². The second-order valence-electron chi connectivity index (χ2n) is 3.72. The van der Waals surface area contributed by atoms with Crippen molar-refractivity contribution < 1.29 is 0 Å². The highest BCUT2D eigenvalue weighted by atomic mass is 32.2. The summed E-state index contributed by atoms with van der Waals surface area (Å²) in [6.45, 7) is 6.23. The molecular formula is C11H25N3S. The molecule has 1 aliphatic heterocycles. The van der Waals surface area contributed by atoms with Gasteiger partial charge in [0.05, 0.1) is 6.54 Å². The van der Waals surface area contributed by atoms with Crippen LogP contribution in [0.5, 0.6) is 0 Å². The Morgan fingerprint density at radius 1 is 1.47 bits per heavy atom. The average molecular weight is 231 g/mol. The van der Waals surface area contributed by atoms with E-state index in [-0.39, 0.29) is 0 Å². The first-order valence-corrected chi connectivity index (χ1v) is 6.85. The SMILES string of the molecule is CCCCC(CC)CN.NC1=NCCS1. The lowest BCUT2D eigenvalue weighted by atomic mass is 10.00. The lowest BCUT2D eigenvalue weighted by molar-refractivity contribution is 0.461. The number of unbranched alkanes of at least 4 members (excludes halogenated alkanes) is 1. The second kappa shape index (κ2) is 10.3. The lowest BCUT2D eigenvalue weighted by Crippen LogP contribution is -2.12. The minimum absolute atomic E-state index is 0.745. The minimum Gasteiger partial charge on any atom is -0.379 e. The van der Waals surface area contributed by atoms with E-state index in [1.54, 1.807) is 11.8 Å². The van der Waals surface area contributed by atoms with E-state index in [1.165, 1.54) is 25.7 Å². The molecule has 0 aromatic heterocycles. The van der Waals surface area contributed by atoms with Crippen molar-refractivity contribution in [1.29, 1.82) is 0 Å². The first-order chi connectivity index (χ1) is 7.24. The summed E-state index contributed by atoms with van der Waals surface area (Å²) in [5.41, 5.74) is 10.8. The summed E-state index contributed by atoms with van der Waals surface area (Å²) >= 11 is 1.62. The fourth-order valence-electron chi connectivity index (χ4n) is 1.33.